The molecule has 0 aliphatic carbocycles. The summed E-state index contributed by atoms with van der Waals surface area (Å²) in [4.78, 5) is 0. The Morgan fingerprint density at radius 1 is 1.05 bits per heavy atom. The molecule has 2 aromatic rings. The molecule has 0 bridgehead atoms. The van der Waals surface area contributed by atoms with Crippen LogP contribution in [0.5, 0.6) is 5.75 Å². The number of benzene rings is 2. The van der Waals surface area contributed by atoms with E-state index in [-0.39, 0.29) is 16.9 Å². The fraction of sp³-hybridized carbons (Fsp3) is 0.200. The largest absolute Gasteiger partial charge is 0.435 e. The standard InChI is InChI=1S/C15H13F4NO/c1-8-5-13(17)11(7-12(8)16)14(20)9-3-2-4-10(6-9)21-15(18)19/h2-7,14-15H,20H2,1H3. The molecule has 0 fully saturated rings. The predicted molar refractivity (Wildman–Crippen MR) is 70.2 cm³/mol. The lowest BCUT2D eigenvalue weighted by Gasteiger charge is -2.15. The Morgan fingerprint density at radius 2 is 1.76 bits per heavy atom. The molecule has 0 saturated heterocycles. The van der Waals surface area contributed by atoms with Crippen molar-refractivity contribution in [1.29, 1.82) is 0 Å². The Balaban J connectivity index is 2.36. The van der Waals surface area contributed by atoms with Crippen LogP contribution in [0.15, 0.2) is 36.4 Å². The third-order valence-corrected chi connectivity index (χ3v) is 3.06. The van der Waals surface area contributed by atoms with Crippen LogP contribution in [-0.4, -0.2) is 6.61 Å². The third-order valence-electron chi connectivity index (χ3n) is 3.06. The van der Waals surface area contributed by atoms with Crippen molar-refractivity contribution in [2.45, 2.75) is 19.6 Å². The van der Waals surface area contributed by atoms with Crippen molar-refractivity contribution < 1.29 is 22.3 Å². The number of nitrogens with two attached hydrogens (primary N) is 1. The summed E-state index contributed by atoms with van der Waals surface area (Å²) in [5, 5.41) is 0. The van der Waals surface area contributed by atoms with Gasteiger partial charge in [-0.1, -0.05) is 12.1 Å². The van der Waals surface area contributed by atoms with Gasteiger partial charge in [0.15, 0.2) is 0 Å². The second-order valence-corrected chi connectivity index (χ2v) is 4.55. The SMILES string of the molecule is Cc1cc(F)c(C(N)c2cccc(OC(F)F)c2)cc1F. The first-order valence-electron chi connectivity index (χ1n) is 6.14. The topological polar surface area (TPSA) is 35.2 Å². The lowest BCUT2D eigenvalue weighted by molar-refractivity contribution is -0.0498. The molecule has 1 unspecified atom stereocenters. The van der Waals surface area contributed by atoms with Crippen LogP contribution in [0.2, 0.25) is 0 Å². The number of hydrogen-bond donors (Lipinski definition) is 1. The van der Waals surface area contributed by atoms with Crippen LogP contribution in [0.1, 0.15) is 22.7 Å². The summed E-state index contributed by atoms with van der Waals surface area (Å²) in [6.45, 7) is -1.53. The van der Waals surface area contributed by atoms with E-state index in [4.69, 9.17) is 5.73 Å². The van der Waals surface area contributed by atoms with Crippen LogP contribution >= 0.6 is 0 Å². The molecule has 0 aromatic heterocycles. The van der Waals surface area contributed by atoms with E-state index in [0.29, 0.717) is 5.56 Å². The smallest absolute Gasteiger partial charge is 0.387 e. The fourth-order valence-electron chi connectivity index (χ4n) is 1.96. The number of aryl methyl sites for hydroxylation is 1. The highest BCUT2D eigenvalue weighted by atomic mass is 19.3. The molecule has 0 amide bonds. The Kier molecular flexibility index (Phi) is 4.47. The number of ether oxygens (including phenoxy) is 1. The summed E-state index contributed by atoms with van der Waals surface area (Å²) < 4.78 is 56.0. The highest BCUT2D eigenvalue weighted by Gasteiger charge is 2.17. The lowest BCUT2D eigenvalue weighted by atomic mass is 9.97. The first-order chi connectivity index (χ1) is 9.88. The number of rotatable bonds is 4. The Labute approximate surface area is 119 Å². The van der Waals surface area contributed by atoms with Crippen LogP contribution in [0, 0.1) is 18.6 Å². The van der Waals surface area contributed by atoms with Crippen molar-refractivity contribution in [1.82, 2.24) is 0 Å². The normalized spacial score (nSPS) is 12.5. The first-order valence-corrected chi connectivity index (χ1v) is 6.14. The zero-order valence-electron chi connectivity index (χ0n) is 11.1. The molecule has 6 heteroatoms. The molecule has 0 saturated carbocycles. The minimum Gasteiger partial charge on any atom is -0.435 e. The number of hydrogen-bond acceptors (Lipinski definition) is 2. The van der Waals surface area contributed by atoms with Gasteiger partial charge in [-0.15, -0.1) is 0 Å². The third kappa shape index (κ3) is 3.52. The second-order valence-electron chi connectivity index (χ2n) is 4.55. The van der Waals surface area contributed by atoms with Crippen LogP contribution in [-0.2, 0) is 0 Å². The van der Waals surface area contributed by atoms with E-state index in [1.54, 1.807) is 0 Å². The van der Waals surface area contributed by atoms with Crippen molar-refractivity contribution in [3.8, 4) is 5.75 Å². The van der Waals surface area contributed by atoms with Crippen LogP contribution in [0.25, 0.3) is 0 Å². The average molecular weight is 299 g/mol. The molecule has 0 radical (unpaired) electrons. The van der Waals surface area contributed by atoms with Crippen LogP contribution in [0.3, 0.4) is 0 Å². The van der Waals surface area contributed by atoms with Gasteiger partial charge >= 0.3 is 6.61 Å². The number of halogens is 4. The molecule has 2 aromatic carbocycles. The maximum absolute atomic E-state index is 13.9. The van der Waals surface area contributed by atoms with E-state index in [1.807, 2.05) is 0 Å². The molecular formula is C15H13F4NO. The molecule has 1 atom stereocenters. The van der Waals surface area contributed by atoms with E-state index in [0.717, 1.165) is 12.1 Å². The first kappa shape index (κ1) is 15.3. The molecule has 0 spiro atoms. The van der Waals surface area contributed by atoms with E-state index < -0.39 is 24.3 Å². The monoisotopic (exact) mass is 299 g/mol. The second kappa shape index (κ2) is 6.13. The molecule has 0 aliphatic rings. The van der Waals surface area contributed by atoms with Gasteiger partial charge in [0.05, 0.1) is 6.04 Å². The zero-order chi connectivity index (χ0) is 15.6. The van der Waals surface area contributed by atoms with E-state index in [1.165, 1.54) is 31.2 Å². The summed E-state index contributed by atoms with van der Waals surface area (Å²) in [7, 11) is 0. The zero-order valence-corrected chi connectivity index (χ0v) is 11.1. The summed E-state index contributed by atoms with van der Waals surface area (Å²) in [5.74, 6) is -1.32. The van der Waals surface area contributed by atoms with Gasteiger partial charge in [-0.3, -0.25) is 0 Å². The number of alkyl halides is 2. The van der Waals surface area contributed by atoms with Gasteiger partial charge in [0.2, 0.25) is 0 Å². The van der Waals surface area contributed by atoms with E-state index >= 15 is 0 Å². The van der Waals surface area contributed by atoms with Gasteiger partial charge in [0, 0.05) is 5.56 Å². The molecule has 2 rings (SSSR count). The lowest BCUT2D eigenvalue weighted by Crippen LogP contribution is -2.14. The van der Waals surface area contributed by atoms with Crippen LogP contribution < -0.4 is 10.5 Å². The summed E-state index contributed by atoms with van der Waals surface area (Å²) in [6, 6.07) is 6.65. The van der Waals surface area contributed by atoms with Crippen molar-refractivity contribution in [3.63, 3.8) is 0 Å². The van der Waals surface area contributed by atoms with Gasteiger partial charge in [-0.05, 0) is 42.3 Å². The molecule has 2 nitrogen and oxygen atoms in total. The van der Waals surface area contributed by atoms with Gasteiger partial charge in [-0.2, -0.15) is 8.78 Å². The molecular weight excluding hydrogens is 286 g/mol. The van der Waals surface area contributed by atoms with Crippen LogP contribution in [0.4, 0.5) is 17.6 Å². The highest BCUT2D eigenvalue weighted by molar-refractivity contribution is 5.38. The van der Waals surface area contributed by atoms with Gasteiger partial charge in [0.1, 0.15) is 17.4 Å². The van der Waals surface area contributed by atoms with Crippen molar-refractivity contribution >= 4 is 0 Å². The predicted octanol–water partition coefficient (Wildman–Crippen LogP) is 3.92. The maximum atomic E-state index is 13.9. The molecule has 0 heterocycles. The van der Waals surface area contributed by atoms with Gasteiger partial charge in [0.25, 0.3) is 0 Å². The quantitative estimate of drug-likeness (QED) is 0.868. The van der Waals surface area contributed by atoms with Gasteiger partial charge < -0.3 is 10.5 Å². The van der Waals surface area contributed by atoms with Crippen molar-refractivity contribution in [2.24, 2.45) is 5.73 Å². The molecule has 21 heavy (non-hydrogen) atoms. The summed E-state index contributed by atoms with van der Waals surface area (Å²) in [6.07, 6.45) is 0. The summed E-state index contributed by atoms with van der Waals surface area (Å²) in [5.41, 5.74) is 6.35. The maximum Gasteiger partial charge on any atom is 0.387 e. The van der Waals surface area contributed by atoms with Crippen molar-refractivity contribution in [2.75, 3.05) is 0 Å². The fourth-order valence-corrected chi connectivity index (χ4v) is 1.96. The molecule has 0 aliphatic heterocycles. The summed E-state index contributed by atoms with van der Waals surface area (Å²) >= 11 is 0. The van der Waals surface area contributed by atoms with E-state index in [9.17, 15) is 17.6 Å². The van der Waals surface area contributed by atoms with Gasteiger partial charge in [-0.25, -0.2) is 8.78 Å². The van der Waals surface area contributed by atoms with Crippen molar-refractivity contribution in [3.05, 3.63) is 64.7 Å². The molecule has 2 N–H and O–H groups in total. The molecule has 112 valence electrons. The Bertz CT molecular complexity index is 646. The minimum atomic E-state index is -2.97. The Morgan fingerprint density at radius 3 is 2.43 bits per heavy atom. The highest BCUT2D eigenvalue weighted by Crippen LogP contribution is 2.27. The van der Waals surface area contributed by atoms with E-state index in [2.05, 4.69) is 4.74 Å². The Hall–Kier alpha value is -2.08. The minimum absolute atomic E-state index is 0.0488. The average Bonchev–Trinajstić information content (AvgIpc) is 2.41.